The van der Waals surface area contributed by atoms with E-state index in [2.05, 4.69) is 17.2 Å². The van der Waals surface area contributed by atoms with Crippen molar-refractivity contribution in [3.05, 3.63) is 16.1 Å². The van der Waals surface area contributed by atoms with Gasteiger partial charge in [-0.25, -0.2) is 4.98 Å². The largest absolute Gasteiger partial charge is 0.367 e. The molecule has 0 saturated carbocycles. The van der Waals surface area contributed by atoms with Crippen LogP contribution in [0.2, 0.25) is 0 Å². The van der Waals surface area contributed by atoms with E-state index in [0.29, 0.717) is 0 Å². The molecule has 1 saturated heterocycles. The maximum Gasteiger partial charge on any atom is 0.113 e. The van der Waals surface area contributed by atoms with Crippen molar-refractivity contribution in [3.63, 3.8) is 0 Å². The maximum absolute atomic E-state index is 5.77. The number of nitrogens with one attached hydrogen (secondary N) is 1. The smallest absolute Gasteiger partial charge is 0.113 e. The highest BCUT2D eigenvalue weighted by molar-refractivity contribution is 7.11. The molecule has 1 fully saturated rings. The van der Waals surface area contributed by atoms with Crippen LogP contribution in [0.1, 0.15) is 16.8 Å². The third-order valence-corrected chi connectivity index (χ3v) is 3.46. The Morgan fingerprint density at radius 2 is 2.54 bits per heavy atom. The van der Waals surface area contributed by atoms with Crippen molar-refractivity contribution in [2.45, 2.75) is 19.4 Å². The van der Waals surface area contributed by atoms with E-state index in [1.807, 2.05) is 13.1 Å². The van der Waals surface area contributed by atoms with Gasteiger partial charge >= 0.3 is 0 Å². The van der Waals surface area contributed by atoms with Crippen LogP contribution in [0.25, 0.3) is 0 Å². The van der Waals surface area contributed by atoms with Crippen LogP contribution >= 0.6 is 11.3 Å². The van der Waals surface area contributed by atoms with Crippen LogP contribution in [0.15, 0.2) is 6.20 Å². The van der Waals surface area contributed by atoms with E-state index in [0.717, 1.165) is 24.7 Å². The predicted octanol–water partition coefficient (Wildman–Crippen LogP) is 1.29. The van der Waals surface area contributed by atoms with Gasteiger partial charge in [0.15, 0.2) is 0 Å². The number of thiazole rings is 1. The van der Waals surface area contributed by atoms with Gasteiger partial charge in [-0.1, -0.05) is 0 Å². The molecule has 72 valence electrons. The predicted molar refractivity (Wildman–Crippen MR) is 53.0 cm³/mol. The van der Waals surface area contributed by atoms with E-state index in [1.165, 1.54) is 4.88 Å². The molecule has 1 aliphatic heterocycles. The van der Waals surface area contributed by atoms with Crippen LogP contribution in [0.4, 0.5) is 0 Å². The van der Waals surface area contributed by atoms with E-state index >= 15 is 0 Å². The molecule has 2 heterocycles. The summed E-state index contributed by atoms with van der Waals surface area (Å²) in [7, 11) is 0. The third-order valence-electron chi connectivity index (χ3n) is 2.30. The topological polar surface area (TPSA) is 34.2 Å². The van der Waals surface area contributed by atoms with Gasteiger partial charge < -0.3 is 10.1 Å². The molecule has 0 spiro atoms. The highest BCUT2D eigenvalue weighted by Crippen LogP contribution is 2.30. The van der Waals surface area contributed by atoms with E-state index in [9.17, 15) is 0 Å². The normalized spacial score (nSPS) is 29.1. The Bertz CT molecular complexity index is 292. The van der Waals surface area contributed by atoms with Crippen molar-refractivity contribution >= 4 is 11.3 Å². The van der Waals surface area contributed by atoms with Gasteiger partial charge in [0.1, 0.15) is 5.60 Å². The third kappa shape index (κ3) is 1.75. The lowest BCUT2D eigenvalue weighted by molar-refractivity contribution is -0.0548. The molecular formula is C9H14N2OS. The second kappa shape index (κ2) is 3.36. The van der Waals surface area contributed by atoms with Gasteiger partial charge in [0.2, 0.25) is 0 Å². The second-order valence-electron chi connectivity index (χ2n) is 3.50. The van der Waals surface area contributed by atoms with Gasteiger partial charge in [0.25, 0.3) is 0 Å². The van der Waals surface area contributed by atoms with Crippen molar-refractivity contribution in [1.82, 2.24) is 10.3 Å². The number of morpholine rings is 1. The fraction of sp³-hybridized carbons (Fsp3) is 0.667. The first-order chi connectivity index (χ1) is 6.21. The number of aromatic nitrogens is 1. The number of ether oxygens (including phenoxy) is 1. The monoisotopic (exact) mass is 198 g/mol. The van der Waals surface area contributed by atoms with Gasteiger partial charge in [-0.15, -0.1) is 11.3 Å². The van der Waals surface area contributed by atoms with Crippen molar-refractivity contribution in [3.8, 4) is 0 Å². The molecule has 0 aromatic carbocycles. The number of aryl methyl sites for hydroxylation is 1. The lowest BCUT2D eigenvalue weighted by Crippen LogP contribution is -2.44. The number of rotatable bonds is 1. The molecule has 4 heteroatoms. The zero-order valence-electron chi connectivity index (χ0n) is 7.96. The van der Waals surface area contributed by atoms with Crippen molar-refractivity contribution in [2.75, 3.05) is 19.7 Å². The lowest BCUT2D eigenvalue weighted by atomic mass is 10.0. The average molecular weight is 198 g/mol. The van der Waals surface area contributed by atoms with E-state index < -0.39 is 0 Å². The summed E-state index contributed by atoms with van der Waals surface area (Å²) in [6.07, 6.45) is 1.92. The van der Waals surface area contributed by atoms with E-state index in [-0.39, 0.29) is 5.60 Å². The Balaban J connectivity index is 2.22. The standard InChI is InChI=1S/C9H14N2OS/c1-7-11-5-8(13-7)9(2)6-10-3-4-12-9/h5,10H,3-4,6H2,1-2H3. The fourth-order valence-electron chi connectivity index (χ4n) is 1.49. The number of nitrogens with zero attached hydrogens (tertiary/aromatic N) is 1. The molecule has 13 heavy (non-hydrogen) atoms. The molecule has 1 aliphatic rings. The molecule has 1 N–H and O–H groups in total. The minimum absolute atomic E-state index is 0.163. The van der Waals surface area contributed by atoms with Gasteiger partial charge in [-0.05, 0) is 13.8 Å². The molecular weight excluding hydrogens is 184 g/mol. The number of hydrogen-bond donors (Lipinski definition) is 1. The zero-order chi connectivity index (χ0) is 9.31. The molecule has 3 nitrogen and oxygen atoms in total. The molecule has 0 bridgehead atoms. The Labute approximate surface area is 82.1 Å². The van der Waals surface area contributed by atoms with Gasteiger partial charge in [-0.2, -0.15) is 0 Å². The molecule has 1 aromatic rings. The van der Waals surface area contributed by atoms with Gasteiger partial charge in [0, 0.05) is 19.3 Å². The molecule has 1 aromatic heterocycles. The summed E-state index contributed by atoms with van der Waals surface area (Å²) in [5.41, 5.74) is -0.163. The summed E-state index contributed by atoms with van der Waals surface area (Å²) in [5.74, 6) is 0. The maximum atomic E-state index is 5.77. The van der Waals surface area contributed by atoms with Crippen LogP contribution in [-0.4, -0.2) is 24.7 Å². The summed E-state index contributed by atoms with van der Waals surface area (Å²) in [5, 5.41) is 4.44. The highest BCUT2D eigenvalue weighted by Gasteiger charge is 2.31. The first-order valence-electron chi connectivity index (χ1n) is 4.48. The Morgan fingerprint density at radius 1 is 1.69 bits per heavy atom. The minimum Gasteiger partial charge on any atom is -0.367 e. The first-order valence-corrected chi connectivity index (χ1v) is 5.30. The molecule has 1 atom stereocenters. The van der Waals surface area contributed by atoms with Crippen molar-refractivity contribution < 1.29 is 4.74 Å². The quantitative estimate of drug-likeness (QED) is 0.738. The molecule has 0 amide bonds. The van der Waals surface area contributed by atoms with Crippen LogP contribution in [0.5, 0.6) is 0 Å². The highest BCUT2D eigenvalue weighted by atomic mass is 32.1. The van der Waals surface area contributed by atoms with Crippen LogP contribution in [-0.2, 0) is 10.3 Å². The van der Waals surface area contributed by atoms with Crippen molar-refractivity contribution in [1.29, 1.82) is 0 Å². The second-order valence-corrected chi connectivity index (χ2v) is 4.73. The molecule has 2 rings (SSSR count). The van der Waals surface area contributed by atoms with E-state index in [1.54, 1.807) is 11.3 Å². The average Bonchev–Trinajstić information content (AvgIpc) is 2.54. The molecule has 0 aliphatic carbocycles. The minimum atomic E-state index is -0.163. The summed E-state index contributed by atoms with van der Waals surface area (Å²) < 4.78 is 5.77. The van der Waals surface area contributed by atoms with Crippen molar-refractivity contribution in [2.24, 2.45) is 0 Å². The SMILES string of the molecule is Cc1ncc(C2(C)CNCCO2)s1. The molecule has 0 radical (unpaired) electrons. The zero-order valence-corrected chi connectivity index (χ0v) is 8.78. The van der Waals surface area contributed by atoms with Crippen LogP contribution in [0, 0.1) is 6.92 Å². The summed E-state index contributed by atoms with van der Waals surface area (Å²) >= 11 is 1.72. The Kier molecular flexibility index (Phi) is 2.36. The first kappa shape index (κ1) is 9.12. The van der Waals surface area contributed by atoms with Crippen LogP contribution in [0.3, 0.4) is 0 Å². The summed E-state index contributed by atoms with van der Waals surface area (Å²) in [6.45, 7) is 6.76. The van der Waals surface area contributed by atoms with Crippen LogP contribution < -0.4 is 5.32 Å². The Morgan fingerprint density at radius 3 is 3.08 bits per heavy atom. The summed E-state index contributed by atoms with van der Waals surface area (Å²) in [6, 6.07) is 0. The Hall–Kier alpha value is -0.450. The number of hydrogen-bond acceptors (Lipinski definition) is 4. The fourth-order valence-corrected chi connectivity index (χ4v) is 2.37. The van der Waals surface area contributed by atoms with Gasteiger partial charge in [-0.3, -0.25) is 0 Å². The molecule has 1 unspecified atom stereocenters. The summed E-state index contributed by atoms with van der Waals surface area (Å²) in [4.78, 5) is 5.47. The lowest BCUT2D eigenvalue weighted by Gasteiger charge is -2.33. The van der Waals surface area contributed by atoms with E-state index in [4.69, 9.17) is 4.74 Å². The van der Waals surface area contributed by atoms with Gasteiger partial charge in [0.05, 0.1) is 16.5 Å².